The van der Waals surface area contributed by atoms with Crippen LogP contribution in [0.1, 0.15) is 43.1 Å². The minimum atomic E-state index is -0.431. The van der Waals surface area contributed by atoms with Gasteiger partial charge in [0.2, 0.25) is 0 Å². The number of esters is 1. The van der Waals surface area contributed by atoms with Crippen molar-refractivity contribution in [2.45, 2.75) is 38.7 Å². The first-order chi connectivity index (χ1) is 8.15. The molecule has 2 rings (SSSR count). The average Bonchev–Trinajstić information content (AvgIpc) is 2.29. The Hall–Kier alpha value is -1.16. The van der Waals surface area contributed by atoms with E-state index in [9.17, 15) is 4.79 Å². The van der Waals surface area contributed by atoms with Crippen LogP contribution in [0.15, 0.2) is 12.4 Å². The third kappa shape index (κ3) is 3.40. The molecule has 1 fully saturated rings. The number of halogens is 1. The highest BCUT2D eigenvalue weighted by molar-refractivity contribution is 6.29. The van der Waals surface area contributed by atoms with Crippen molar-refractivity contribution in [1.82, 2.24) is 9.97 Å². The van der Waals surface area contributed by atoms with Crippen molar-refractivity contribution in [2.75, 3.05) is 0 Å². The maximum absolute atomic E-state index is 11.8. The fourth-order valence-electron chi connectivity index (χ4n) is 2.14. The molecule has 0 saturated heterocycles. The molecule has 1 aliphatic carbocycles. The van der Waals surface area contributed by atoms with Gasteiger partial charge in [-0.2, -0.15) is 0 Å². The molecule has 1 aromatic rings. The van der Waals surface area contributed by atoms with Crippen LogP contribution in [-0.2, 0) is 4.74 Å². The molecule has 0 bridgehead atoms. The molecule has 0 aliphatic heterocycles. The van der Waals surface area contributed by atoms with Crippen LogP contribution in [0.25, 0.3) is 0 Å². The van der Waals surface area contributed by atoms with Crippen LogP contribution in [0.2, 0.25) is 5.15 Å². The Morgan fingerprint density at radius 3 is 3.00 bits per heavy atom. The molecular formula is C12H15ClN2O2. The summed E-state index contributed by atoms with van der Waals surface area (Å²) in [5, 5.41) is 0.205. The van der Waals surface area contributed by atoms with Gasteiger partial charge in [0.25, 0.3) is 0 Å². The molecule has 0 N–H and O–H groups in total. The first-order valence-electron chi connectivity index (χ1n) is 5.83. The largest absolute Gasteiger partial charge is 0.458 e. The fraction of sp³-hybridized carbons (Fsp3) is 0.583. The summed E-state index contributed by atoms with van der Waals surface area (Å²) in [6.45, 7) is 2.18. The lowest BCUT2D eigenvalue weighted by Crippen LogP contribution is -2.25. The normalized spacial score (nSPS) is 24.4. The van der Waals surface area contributed by atoms with E-state index in [1.165, 1.54) is 18.8 Å². The quantitative estimate of drug-likeness (QED) is 0.762. The van der Waals surface area contributed by atoms with Crippen LogP contribution in [0.5, 0.6) is 0 Å². The predicted molar refractivity (Wildman–Crippen MR) is 63.9 cm³/mol. The lowest BCUT2D eigenvalue weighted by atomic mass is 9.89. The molecule has 2 atom stereocenters. The van der Waals surface area contributed by atoms with Crippen molar-refractivity contribution in [2.24, 2.45) is 5.92 Å². The first-order valence-corrected chi connectivity index (χ1v) is 6.21. The van der Waals surface area contributed by atoms with Gasteiger partial charge in [0.15, 0.2) is 5.69 Å². The molecule has 1 saturated carbocycles. The molecular weight excluding hydrogens is 240 g/mol. The van der Waals surface area contributed by atoms with Crippen LogP contribution in [0.4, 0.5) is 0 Å². The highest BCUT2D eigenvalue weighted by atomic mass is 35.5. The van der Waals surface area contributed by atoms with Crippen LogP contribution >= 0.6 is 11.6 Å². The summed E-state index contributed by atoms with van der Waals surface area (Å²) >= 11 is 5.67. The number of carbonyl (C=O) groups is 1. The van der Waals surface area contributed by atoms with E-state index < -0.39 is 5.97 Å². The van der Waals surface area contributed by atoms with E-state index in [-0.39, 0.29) is 17.0 Å². The van der Waals surface area contributed by atoms with Gasteiger partial charge in [0, 0.05) is 0 Å². The van der Waals surface area contributed by atoms with Gasteiger partial charge < -0.3 is 4.74 Å². The van der Waals surface area contributed by atoms with Crippen LogP contribution in [-0.4, -0.2) is 22.0 Å². The molecule has 0 radical (unpaired) electrons. The molecule has 0 spiro atoms. The standard InChI is InChI=1S/C12H15ClN2O2/c1-8-3-2-4-9(5-8)17-12(16)10-6-14-7-11(13)15-10/h6-9H,2-5H2,1H3. The minimum Gasteiger partial charge on any atom is -0.458 e. The second-order valence-electron chi connectivity index (χ2n) is 4.53. The summed E-state index contributed by atoms with van der Waals surface area (Å²) in [6, 6.07) is 0. The lowest BCUT2D eigenvalue weighted by Gasteiger charge is -2.26. The van der Waals surface area contributed by atoms with Gasteiger partial charge in [0.1, 0.15) is 11.3 Å². The molecule has 4 nitrogen and oxygen atoms in total. The Balaban J connectivity index is 1.97. The highest BCUT2D eigenvalue weighted by Gasteiger charge is 2.23. The summed E-state index contributed by atoms with van der Waals surface area (Å²) < 4.78 is 5.40. The zero-order valence-electron chi connectivity index (χ0n) is 9.73. The Bertz CT molecular complexity index is 411. The van der Waals surface area contributed by atoms with Gasteiger partial charge in [-0.3, -0.25) is 4.98 Å². The SMILES string of the molecule is CC1CCCC(OC(=O)c2cncc(Cl)n2)C1. The minimum absolute atomic E-state index is 0.00651. The smallest absolute Gasteiger partial charge is 0.358 e. The van der Waals surface area contributed by atoms with E-state index in [4.69, 9.17) is 16.3 Å². The summed E-state index contributed by atoms with van der Waals surface area (Å²) in [7, 11) is 0. The first kappa shape index (κ1) is 12.3. The van der Waals surface area contributed by atoms with E-state index in [0.717, 1.165) is 19.3 Å². The van der Waals surface area contributed by atoms with Gasteiger partial charge in [0.05, 0.1) is 12.4 Å². The Morgan fingerprint density at radius 1 is 1.47 bits per heavy atom. The van der Waals surface area contributed by atoms with Crippen molar-refractivity contribution in [3.63, 3.8) is 0 Å². The van der Waals surface area contributed by atoms with Gasteiger partial charge >= 0.3 is 5.97 Å². The fourth-order valence-corrected chi connectivity index (χ4v) is 2.29. The second kappa shape index (κ2) is 5.45. The summed E-state index contributed by atoms with van der Waals surface area (Å²) in [5.74, 6) is 0.186. The molecule has 0 aromatic carbocycles. The Morgan fingerprint density at radius 2 is 2.29 bits per heavy atom. The Kier molecular flexibility index (Phi) is 3.94. The molecule has 2 unspecified atom stereocenters. The number of aromatic nitrogens is 2. The predicted octanol–water partition coefficient (Wildman–Crippen LogP) is 2.87. The molecule has 5 heteroatoms. The van der Waals surface area contributed by atoms with Gasteiger partial charge in [-0.05, 0) is 25.2 Å². The maximum Gasteiger partial charge on any atom is 0.358 e. The van der Waals surface area contributed by atoms with E-state index >= 15 is 0 Å². The maximum atomic E-state index is 11.8. The summed E-state index contributed by atoms with van der Waals surface area (Å²) in [6.07, 6.45) is 6.96. The lowest BCUT2D eigenvalue weighted by molar-refractivity contribution is 0.0148. The van der Waals surface area contributed by atoms with E-state index in [2.05, 4.69) is 16.9 Å². The topological polar surface area (TPSA) is 52.1 Å². The molecule has 1 aromatic heterocycles. The van der Waals surface area contributed by atoms with Crippen molar-refractivity contribution < 1.29 is 9.53 Å². The number of nitrogens with zero attached hydrogens (tertiary/aromatic N) is 2. The van der Waals surface area contributed by atoms with Gasteiger partial charge in [-0.15, -0.1) is 0 Å². The summed E-state index contributed by atoms with van der Waals surface area (Å²) in [4.78, 5) is 19.5. The van der Waals surface area contributed by atoms with Crippen molar-refractivity contribution in [1.29, 1.82) is 0 Å². The van der Waals surface area contributed by atoms with E-state index in [0.29, 0.717) is 5.92 Å². The molecule has 92 valence electrons. The van der Waals surface area contributed by atoms with Crippen molar-refractivity contribution in [3.8, 4) is 0 Å². The number of rotatable bonds is 2. The molecule has 1 heterocycles. The zero-order valence-corrected chi connectivity index (χ0v) is 10.5. The number of carbonyl (C=O) groups excluding carboxylic acids is 1. The average molecular weight is 255 g/mol. The van der Waals surface area contributed by atoms with Crippen LogP contribution < -0.4 is 0 Å². The monoisotopic (exact) mass is 254 g/mol. The third-order valence-electron chi connectivity index (χ3n) is 2.98. The van der Waals surface area contributed by atoms with E-state index in [1.807, 2.05) is 0 Å². The zero-order chi connectivity index (χ0) is 12.3. The molecule has 17 heavy (non-hydrogen) atoms. The van der Waals surface area contributed by atoms with Crippen molar-refractivity contribution in [3.05, 3.63) is 23.2 Å². The third-order valence-corrected chi connectivity index (χ3v) is 3.16. The van der Waals surface area contributed by atoms with E-state index in [1.54, 1.807) is 0 Å². The number of hydrogen-bond acceptors (Lipinski definition) is 4. The summed E-state index contributed by atoms with van der Waals surface area (Å²) in [5.41, 5.74) is 0.177. The number of hydrogen-bond donors (Lipinski definition) is 0. The molecule has 0 amide bonds. The van der Waals surface area contributed by atoms with Gasteiger partial charge in [-0.1, -0.05) is 24.9 Å². The van der Waals surface area contributed by atoms with Crippen molar-refractivity contribution >= 4 is 17.6 Å². The Labute approximate surface area is 105 Å². The van der Waals surface area contributed by atoms with Crippen LogP contribution in [0.3, 0.4) is 0 Å². The molecule has 1 aliphatic rings. The van der Waals surface area contributed by atoms with Gasteiger partial charge in [-0.25, -0.2) is 9.78 Å². The van der Waals surface area contributed by atoms with Crippen LogP contribution in [0, 0.1) is 5.92 Å². The number of ether oxygens (including phenoxy) is 1. The second-order valence-corrected chi connectivity index (χ2v) is 4.91. The highest BCUT2D eigenvalue weighted by Crippen LogP contribution is 2.26.